The molecule has 1 saturated heterocycles. The minimum absolute atomic E-state index is 0.206. The first-order valence-corrected chi connectivity index (χ1v) is 6.19. The van der Waals surface area contributed by atoms with E-state index < -0.39 is 9.84 Å². The maximum Gasteiger partial charge on any atom is 0.154 e. The fourth-order valence-corrected chi connectivity index (χ4v) is 2.60. The standard InChI is InChI=1S/C8H17NO2S/c1-7(2)12(10,11)6-8-4-3-5-9-8/h7-9H,3-6H2,1-2H3/t8-/m0/s1. The molecule has 0 aliphatic carbocycles. The molecule has 0 aromatic carbocycles. The van der Waals surface area contributed by atoms with Gasteiger partial charge in [0.05, 0.1) is 11.0 Å². The zero-order chi connectivity index (χ0) is 9.19. The molecule has 0 aromatic heterocycles. The van der Waals surface area contributed by atoms with E-state index in [1.165, 1.54) is 0 Å². The van der Waals surface area contributed by atoms with Gasteiger partial charge in [-0.2, -0.15) is 0 Å². The van der Waals surface area contributed by atoms with Crippen LogP contribution in [0.4, 0.5) is 0 Å². The van der Waals surface area contributed by atoms with Gasteiger partial charge in [0.2, 0.25) is 0 Å². The van der Waals surface area contributed by atoms with Crippen molar-refractivity contribution in [2.45, 2.75) is 38.0 Å². The summed E-state index contributed by atoms with van der Waals surface area (Å²) in [5, 5.41) is 2.95. The van der Waals surface area contributed by atoms with Crippen molar-refractivity contribution in [1.82, 2.24) is 5.32 Å². The summed E-state index contributed by atoms with van der Waals surface area (Å²) in [5.41, 5.74) is 0. The van der Waals surface area contributed by atoms with Gasteiger partial charge >= 0.3 is 0 Å². The fraction of sp³-hybridized carbons (Fsp3) is 1.00. The van der Waals surface area contributed by atoms with Crippen LogP contribution in [0.5, 0.6) is 0 Å². The Morgan fingerprint density at radius 3 is 2.58 bits per heavy atom. The maximum absolute atomic E-state index is 11.4. The van der Waals surface area contributed by atoms with Gasteiger partial charge in [-0.1, -0.05) is 0 Å². The molecule has 1 rings (SSSR count). The largest absolute Gasteiger partial charge is 0.313 e. The number of rotatable bonds is 3. The van der Waals surface area contributed by atoms with Gasteiger partial charge < -0.3 is 5.32 Å². The number of hydrogen-bond donors (Lipinski definition) is 1. The van der Waals surface area contributed by atoms with Crippen molar-refractivity contribution in [1.29, 1.82) is 0 Å². The van der Waals surface area contributed by atoms with Crippen molar-refractivity contribution in [3.8, 4) is 0 Å². The Balaban J connectivity index is 2.49. The normalized spacial score (nSPS) is 25.1. The molecule has 0 spiro atoms. The van der Waals surface area contributed by atoms with E-state index in [0.717, 1.165) is 19.4 Å². The van der Waals surface area contributed by atoms with Crippen molar-refractivity contribution in [3.63, 3.8) is 0 Å². The SMILES string of the molecule is CC(C)S(=O)(=O)C[C@@H]1CCCN1. The molecule has 1 aliphatic rings. The van der Waals surface area contributed by atoms with Crippen molar-refractivity contribution in [2.75, 3.05) is 12.3 Å². The summed E-state index contributed by atoms with van der Waals surface area (Å²) in [6.45, 7) is 4.45. The van der Waals surface area contributed by atoms with Crippen LogP contribution in [-0.2, 0) is 9.84 Å². The van der Waals surface area contributed by atoms with Gasteiger partial charge in [0.15, 0.2) is 9.84 Å². The summed E-state index contributed by atoms with van der Waals surface area (Å²) in [7, 11) is -2.84. The monoisotopic (exact) mass is 191 g/mol. The Hall–Kier alpha value is -0.0900. The molecule has 0 saturated carbocycles. The van der Waals surface area contributed by atoms with Gasteiger partial charge in [0, 0.05) is 6.04 Å². The first kappa shape index (κ1) is 9.99. The third-order valence-corrected chi connectivity index (χ3v) is 4.62. The third kappa shape index (κ3) is 2.45. The molecule has 0 aromatic rings. The Labute approximate surface area is 74.5 Å². The molecular formula is C8H17NO2S. The topological polar surface area (TPSA) is 46.2 Å². The van der Waals surface area contributed by atoms with Gasteiger partial charge in [-0.05, 0) is 33.2 Å². The van der Waals surface area contributed by atoms with E-state index in [1.54, 1.807) is 13.8 Å². The van der Waals surface area contributed by atoms with E-state index in [1.807, 2.05) is 0 Å². The highest BCUT2D eigenvalue weighted by molar-refractivity contribution is 7.92. The zero-order valence-electron chi connectivity index (χ0n) is 7.71. The van der Waals surface area contributed by atoms with Crippen molar-refractivity contribution >= 4 is 9.84 Å². The molecule has 1 fully saturated rings. The highest BCUT2D eigenvalue weighted by Crippen LogP contribution is 2.10. The summed E-state index contributed by atoms with van der Waals surface area (Å²) < 4.78 is 22.9. The number of hydrogen-bond acceptors (Lipinski definition) is 3. The van der Waals surface area contributed by atoms with E-state index >= 15 is 0 Å². The van der Waals surface area contributed by atoms with Crippen LogP contribution < -0.4 is 5.32 Å². The summed E-state index contributed by atoms with van der Waals surface area (Å²) in [5.74, 6) is 0.310. The maximum atomic E-state index is 11.4. The van der Waals surface area contributed by atoms with Crippen LogP contribution in [-0.4, -0.2) is 32.0 Å². The molecule has 1 N–H and O–H groups in total. The van der Waals surface area contributed by atoms with Crippen LogP contribution >= 0.6 is 0 Å². The van der Waals surface area contributed by atoms with E-state index in [0.29, 0.717) is 5.75 Å². The quantitative estimate of drug-likeness (QED) is 0.709. The van der Waals surface area contributed by atoms with E-state index in [2.05, 4.69) is 5.32 Å². The first-order valence-electron chi connectivity index (χ1n) is 4.47. The Bertz CT molecular complexity index is 227. The summed E-state index contributed by atoms with van der Waals surface area (Å²) >= 11 is 0. The smallest absolute Gasteiger partial charge is 0.154 e. The highest BCUT2D eigenvalue weighted by Gasteiger charge is 2.24. The average Bonchev–Trinajstić information content (AvgIpc) is 2.38. The minimum atomic E-state index is -2.84. The summed E-state index contributed by atoms with van der Waals surface area (Å²) in [6.07, 6.45) is 2.12. The van der Waals surface area contributed by atoms with Crippen LogP contribution in [0.2, 0.25) is 0 Å². The Kier molecular flexibility index (Phi) is 3.12. The molecule has 4 heteroatoms. The van der Waals surface area contributed by atoms with Crippen LogP contribution in [0.1, 0.15) is 26.7 Å². The summed E-state index contributed by atoms with van der Waals surface area (Å²) in [4.78, 5) is 0. The van der Waals surface area contributed by atoms with Gasteiger partial charge in [-0.25, -0.2) is 8.42 Å². The first-order chi connectivity index (χ1) is 5.52. The second-order valence-corrected chi connectivity index (χ2v) is 6.27. The molecule has 72 valence electrons. The number of nitrogens with one attached hydrogen (secondary N) is 1. The Morgan fingerprint density at radius 1 is 1.50 bits per heavy atom. The van der Waals surface area contributed by atoms with Crippen LogP contribution in [0.15, 0.2) is 0 Å². The van der Waals surface area contributed by atoms with E-state index in [4.69, 9.17) is 0 Å². The van der Waals surface area contributed by atoms with Gasteiger partial charge in [-0.15, -0.1) is 0 Å². The molecule has 12 heavy (non-hydrogen) atoms. The summed E-state index contributed by atoms with van der Waals surface area (Å²) in [6, 6.07) is 0.206. The lowest BCUT2D eigenvalue weighted by Gasteiger charge is -2.12. The van der Waals surface area contributed by atoms with Crippen molar-refractivity contribution in [3.05, 3.63) is 0 Å². The van der Waals surface area contributed by atoms with Gasteiger partial charge in [0.25, 0.3) is 0 Å². The number of sulfone groups is 1. The predicted octanol–water partition coefficient (Wildman–Crippen LogP) is 0.562. The van der Waals surface area contributed by atoms with E-state index in [9.17, 15) is 8.42 Å². The predicted molar refractivity (Wildman–Crippen MR) is 49.9 cm³/mol. The molecule has 0 radical (unpaired) electrons. The molecule has 0 unspecified atom stereocenters. The van der Waals surface area contributed by atoms with Crippen molar-refractivity contribution in [2.24, 2.45) is 0 Å². The van der Waals surface area contributed by atoms with Crippen LogP contribution in [0, 0.1) is 0 Å². The lowest BCUT2D eigenvalue weighted by atomic mass is 10.3. The van der Waals surface area contributed by atoms with Crippen molar-refractivity contribution < 1.29 is 8.42 Å². The van der Waals surface area contributed by atoms with Crippen LogP contribution in [0.25, 0.3) is 0 Å². The molecule has 1 heterocycles. The van der Waals surface area contributed by atoms with Gasteiger partial charge in [0.1, 0.15) is 0 Å². The molecular weight excluding hydrogens is 174 g/mol. The molecule has 3 nitrogen and oxygen atoms in total. The second-order valence-electron chi connectivity index (χ2n) is 3.67. The third-order valence-electron chi connectivity index (χ3n) is 2.31. The lowest BCUT2D eigenvalue weighted by molar-refractivity contribution is 0.569. The molecule has 0 amide bonds. The van der Waals surface area contributed by atoms with Crippen LogP contribution in [0.3, 0.4) is 0 Å². The molecule has 1 atom stereocenters. The second kappa shape index (κ2) is 3.75. The highest BCUT2D eigenvalue weighted by atomic mass is 32.2. The van der Waals surface area contributed by atoms with Gasteiger partial charge in [-0.3, -0.25) is 0 Å². The Morgan fingerprint density at radius 2 is 2.17 bits per heavy atom. The minimum Gasteiger partial charge on any atom is -0.313 e. The molecule has 0 bridgehead atoms. The van der Waals surface area contributed by atoms with E-state index in [-0.39, 0.29) is 11.3 Å². The molecule has 1 aliphatic heterocycles. The lowest BCUT2D eigenvalue weighted by Crippen LogP contribution is -2.33. The fourth-order valence-electron chi connectivity index (χ4n) is 1.37. The zero-order valence-corrected chi connectivity index (χ0v) is 8.52. The average molecular weight is 191 g/mol.